The third kappa shape index (κ3) is 4.97. The fourth-order valence-electron chi connectivity index (χ4n) is 3.52. The van der Waals surface area contributed by atoms with Crippen LogP contribution in [0.25, 0.3) is 0 Å². The Balaban J connectivity index is 1.49. The van der Waals surface area contributed by atoms with E-state index in [1.807, 2.05) is 13.1 Å². The zero-order chi connectivity index (χ0) is 18.4. The lowest BCUT2D eigenvalue weighted by molar-refractivity contribution is 0.0851. The largest absolute Gasteiger partial charge is 0.390 e. The summed E-state index contributed by atoms with van der Waals surface area (Å²) in [6, 6.07) is 8.35. The Labute approximate surface area is 156 Å². The zero-order valence-electron chi connectivity index (χ0n) is 15.9. The second kappa shape index (κ2) is 9.03. The number of urea groups is 1. The van der Waals surface area contributed by atoms with E-state index in [0.29, 0.717) is 13.1 Å². The summed E-state index contributed by atoms with van der Waals surface area (Å²) in [5.74, 6) is 0. The summed E-state index contributed by atoms with van der Waals surface area (Å²) < 4.78 is 0. The first-order valence-corrected chi connectivity index (χ1v) is 9.65. The molecule has 1 aromatic carbocycles. The molecule has 0 bridgehead atoms. The summed E-state index contributed by atoms with van der Waals surface area (Å²) in [6.45, 7) is 6.49. The van der Waals surface area contributed by atoms with Gasteiger partial charge in [0.25, 0.3) is 0 Å². The molecule has 1 fully saturated rings. The van der Waals surface area contributed by atoms with E-state index in [-0.39, 0.29) is 12.1 Å². The fraction of sp³-hybridized carbons (Fsp3) is 0.600. The van der Waals surface area contributed by atoms with Crippen molar-refractivity contribution in [3.05, 3.63) is 35.4 Å². The van der Waals surface area contributed by atoms with Crippen molar-refractivity contribution in [2.75, 3.05) is 26.7 Å². The van der Waals surface area contributed by atoms with Crippen molar-refractivity contribution in [1.29, 1.82) is 0 Å². The van der Waals surface area contributed by atoms with Crippen molar-refractivity contribution >= 4 is 11.7 Å². The molecule has 2 heterocycles. The lowest BCUT2D eigenvalue weighted by Crippen LogP contribution is -2.40. The summed E-state index contributed by atoms with van der Waals surface area (Å²) in [6.07, 6.45) is 4.25. The number of nitrogens with one attached hydrogen (secondary N) is 1. The molecule has 2 aliphatic rings. The maximum Gasteiger partial charge on any atom is 0.317 e. The standard InChI is InChI=1S/C20H30N4O2/c1-3-18-12-19(26-22-18)13-21-20(25)23(2)14-16-8-4-5-9-17(16)15-24-10-6-7-11-24/h4-5,8-9,19H,3,6-7,10-15H2,1-2H3,(H,21,25)/t19-/m0/s1. The Hall–Kier alpha value is -2.08. The predicted octanol–water partition coefficient (Wildman–Crippen LogP) is 2.98. The number of hydrogen-bond donors (Lipinski definition) is 1. The van der Waals surface area contributed by atoms with Crippen molar-refractivity contribution in [1.82, 2.24) is 15.1 Å². The SMILES string of the molecule is CCC1=NO[C@H](CNC(=O)N(C)Cc2ccccc2CN2CCCC2)C1. The number of carbonyl (C=O) groups is 1. The van der Waals surface area contributed by atoms with Gasteiger partial charge in [0.15, 0.2) is 0 Å². The summed E-state index contributed by atoms with van der Waals surface area (Å²) in [7, 11) is 1.84. The molecule has 3 rings (SSSR count). The van der Waals surface area contributed by atoms with Gasteiger partial charge in [-0.2, -0.15) is 0 Å². The van der Waals surface area contributed by atoms with Gasteiger partial charge in [0.1, 0.15) is 6.10 Å². The van der Waals surface area contributed by atoms with E-state index in [9.17, 15) is 4.79 Å². The van der Waals surface area contributed by atoms with Gasteiger partial charge in [0.05, 0.1) is 12.3 Å². The molecule has 1 aromatic rings. The van der Waals surface area contributed by atoms with Gasteiger partial charge in [-0.3, -0.25) is 4.90 Å². The van der Waals surface area contributed by atoms with E-state index in [0.717, 1.165) is 25.1 Å². The van der Waals surface area contributed by atoms with Crippen LogP contribution in [0.2, 0.25) is 0 Å². The summed E-state index contributed by atoms with van der Waals surface area (Å²) in [5, 5.41) is 6.99. The van der Waals surface area contributed by atoms with Gasteiger partial charge in [-0.15, -0.1) is 0 Å². The van der Waals surface area contributed by atoms with E-state index in [4.69, 9.17) is 4.84 Å². The Kier molecular flexibility index (Phi) is 6.50. The minimum absolute atomic E-state index is 0.0373. The molecular formula is C20H30N4O2. The van der Waals surface area contributed by atoms with E-state index >= 15 is 0 Å². The highest BCUT2D eigenvalue weighted by Crippen LogP contribution is 2.17. The molecule has 26 heavy (non-hydrogen) atoms. The van der Waals surface area contributed by atoms with Crippen LogP contribution in [-0.2, 0) is 17.9 Å². The molecule has 1 atom stereocenters. The van der Waals surface area contributed by atoms with Crippen molar-refractivity contribution in [2.24, 2.45) is 5.16 Å². The number of likely N-dealkylation sites (tertiary alicyclic amines) is 1. The molecular weight excluding hydrogens is 328 g/mol. The molecule has 0 spiro atoms. The van der Waals surface area contributed by atoms with Crippen LogP contribution < -0.4 is 5.32 Å². The molecule has 6 heteroatoms. The van der Waals surface area contributed by atoms with Gasteiger partial charge in [0.2, 0.25) is 0 Å². The van der Waals surface area contributed by atoms with Gasteiger partial charge >= 0.3 is 6.03 Å². The maximum atomic E-state index is 12.4. The highest BCUT2D eigenvalue weighted by molar-refractivity contribution is 5.85. The molecule has 0 saturated carbocycles. The quantitative estimate of drug-likeness (QED) is 0.815. The summed E-state index contributed by atoms with van der Waals surface area (Å²) in [4.78, 5) is 22.0. The Morgan fingerprint density at radius 2 is 2.04 bits per heavy atom. The van der Waals surface area contributed by atoms with Crippen LogP contribution in [0.1, 0.15) is 43.7 Å². The lowest BCUT2D eigenvalue weighted by Gasteiger charge is -2.22. The van der Waals surface area contributed by atoms with Crippen molar-refractivity contribution in [2.45, 2.75) is 51.8 Å². The van der Waals surface area contributed by atoms with Crippen molar-refractivity contribution in [3.8, 4) is 0 Å². The first-order valence-electron chi connectivity index (χ1n) is 9.65. The highest BCUT2D eigenvalue weighted by Gasteiger charge is 2.21. The van der Waals surface area contributed by atoms with Gasteiger partial charge < -0.3 is 15.1 Å². The van der Waals surface area contributed by atoms with Crippen LogP contribution in [0.3, 0.4) is 0 Å². The molecule has 142 valence electrons. The average Bonchev–Trinajstić information content (AvgIpc) is 3.32. The first kappa shape index (κ1) is 18.7. The smallest absolute Gasteiger partial charge is 0.317 e. The normalized spacial score (nSPS) is 19.9. The maximum absolute atomic E-state index is 12.4. The second-order valence-corrected chi connectivity index (χ2v) is 7.24. The van der Waals surface area contributed by atoms with Crippen molar-refractivity contribution < 1.29 is 9.63 Å². The number of benzene rings is 1. The Bertz CT molecular complexity index is 640. The monoisotopic (exact) mass is 358 g/mol. The third-order valence-electron chi connectivity index (χ3n) is 5.15. The van der Waals surface area contributed by atoms with Crippen LogP contribution >= 0.6 is 0 Å². The average molecular weight is 358 g/mol. The molecule has 0 unspecified atom stereocenters. The van der Waals surface area contributed by atoms with E-state index in [1.54, 1.807) is 4.90 Å². The van der Waals surface area contributed by atoms with Crippen LogP contribution in [0.5, 0.6) is 0 Å². The predicted molar refractivity (Wildman–Crippen MR) is 103 cm³/mol. The van der Waals surface area contributed by atoms with Crippen LogP contribution in [0, 0.1) is 0 Å². The molecule has 1 N–H and O–H groups in total. The summed E-state index contributed by atoms with van der Waals surface area (Å²) in [5.41, 5.74) is 3.59. The lowest BCUT2D eigenvalue weighted by atomic mass is 10.1. The third-order valence-corrected chi connectivity index (χ3v) is 5.15. The Morgan fingerprint density at radius 3 is 2.73 bits per heavy atom. The molecule has 0 aromatic heterocycles. The second-order valence-electron chi connectivity index (χ2n) is 7.24. The fourth-order valence-corrected chi connectivity index (χ4v) is 3.52. The van der Waals surface area contributed by atoms with Crippen molar-refractivity contribution in [3.63, 3.8) is 0 Å². The number of nitrogens with zero attached hydrogens (tertiary/aromatic N) is 3. The summed E-state index contributed by atoms with van der Waals surface area (Å²) >= 11 is 0. The minimum Gasteiger partial charge on any atom is -0.390 e. The van der Waals surface area contributed by atoms with Gasteiger partial charge in [-0.25, -0.2) is 4.79 Å². The number of hydrogen-bond acceptors (Lipinski definition) is 4. The zero-order valence-corrected chi connectivity index (χ0v) is 15.9. The first-order chi connectivity index (χ1) is 12.7. The van der Waals surface area contributed by atoms with Gasteiger partial charge in [0, 0.05) is 26.6 Å². The molecule has 1 saturated heterocycles. The van der Waals surface area contributed by atoms with E-state index in [1.165, 1.54) is 37.1 Å². The molecule has 6 nitrogen and oxygen atoms in total. The van der Waals surface area contributed by atoms with Crippen LogP contribution in [0.4, 0.5) is 4.79 Å². The molecule has 2 amide bonds. The minimum atomic E-state index is -0.0745. The molecule has 0 radical (unpaired) electrons. The van der Waals surface area contributed by atoms with Crippen LogP contribution in [0.15, 0.2) is 29.4 Å². The number of oxime groups is 1. The number of amides is 2. The van der Waals surface area contributed by atoms with E-state index < -0.39 is 0 Å². The van der Waals surface area contributed by atoms with Gasteiger partial charge in [-0.05, 0) is 43.5 Å². The highest BCUT2D eigenvalue weighted by atomic mass is 16.6. The number of rotatable bonds is 7. The molecule has 0 aliphatic carbocycles. The van der Waals surface area contributed by atoms with E-state index in [2.05, 4.69) is 40.5 Å². The Morgan fingerprint density at radius 1 is 1.31 bits per heavy atom. The molecule has 2 aliphatic heterocycles. The van der Waals surface area contributed by atoms with Crippen LogP contribution in [-0.4, -0.2) is 54.3 Å². The number of carbonyl (C=O) groups excluding carboxylic acids is 1. The van der Waals surface area contributed by atoms with Gasteiger partial charge in [-0.1, -0.05) is 36.3 Å². The topological polar surface area (TPSA) is 57.2 Å².